The van der Waals surface area contributed by atoms with Crippen LogP contribution in [0.4, 0.5) is 27.1 Å². The molecule has 10 N–H and O–H groups in total. The summed E-state index contributed by atoms with van der Waals surface area (Å²) in [4.78, 5) is 79.4. The summed E-state index contributed by atoms with van der Waals surface area (Å²) >= 11 is 1.58. The van der Waals surface area contributed by atoms with Gasteiger partial charge in [-0.05, 0) is 162 Å². The number of likely N-dealkylation sites (N-methyl/N-ethyl adjacent to an activating group) is 2. The Kier molecular flexibility index (Phi) is 22.9. The number of anilines is 4. The quantitative estimate of drug-likeness (QED) is 0.0450. The van der Waals surface area contributed by atoms with Gasteiger partial charge in [0.25, 0.3) is 5.56 Å². The van der Waals surface area contributed by atoms with Crippen molar-refractivity contribution in [2.45, 2.75) is 69.6 Å². The van der Waals surface area contributed by atoms with Crippen LogP contribution < -0.4 is 43.6 Å². The van der Waals surface area contributed by atoms with Gasteiger partial charge in [0.05, 0.1) is 6.04 Å². The van der Waals surface area contributed by atoms with Gasteiger partial charge in [-0.1, -0.05) is 112 Å². The van der Waals surface area contributed by atoms with Crippen LogP contribution in [0.15, 0.2) is 217 Å². The average molecular weight is 1230 g/mol. The van der Waals surface area contributed by atoms with Crippen molar-refractivity contribution in [1.82, 2.24) is 30.2 Å². The van der Waals surface area contributed by atoms with Crippen molar-refractivity contribution in [3.05, 3.63) is 245 Å². The molecule has 0 aliphatic heterocycles. The first-order valence-corrected chi connectivity index (χ1v) is 30.7. The van der Waals surface area contributed by atoms with Gasteiger partial charge in [-0.2, -0.15) is 0 Å². The molecule has 19 heteroatoms. The molecule has 0 spiro atoms. The molecule has 11 aromatic rings. The fourth-order valence-corrected chi connectivity index (χ4v) is 11.4. The molecule has 460 valence electrons. The third kappa shape index (κ3) is 17.9. The third-order valence-electron chi connectivity index (χ3n) is 15.3. The van der Waals surface area contributed by atoms with Crippen molar-refractivity contribution in [3.63, 3.8) is 0 Å². The number of aromatic nitrogens is 4. The number of nitrogens with one attached hydrogen (secondary N) is 6. The number of rotatable bonds is 16. The van der Waals surface area contributed by atoms with Crippen molar-refractivity contribution in [2.24, 2.45) is 17.4 Å². The molecule has 6 aromatic carbocycles. The van der Waals surface area contributed by atoms with E-state index in [0.717, 1.165) is 78.2 Å². The van der Waals surface area contributed by atoms with Gasteiger partial charge in [0.15, 0.2) is 0 Å². The highest BCUT2D eigenvalue weighted by Gasteiger charge is 2.25. The lowest BCUT2D eigenvalue weighted by molar-refractivity contribution is -0.121. The van der Waals surface area contributed by atoms with E-state index in [9.17, 15) is 28.4 Å². The van der Waals surface area contributed by atoms with Crippen LogP contribution in [0.2, 0.25) is 0 Å². The van der Waals surface area contributed by atoms with Gasteiger partial charge in [-0.15, -0.1) is 11.3 Å². The molecular formula is C71H73FN12O5S. The summed E-state index contributed by atoms with van der Waals surface area (Å²) in [6.45, 7) is 2.73. The van der Waals surface area contributed by atoms with Gasteiger partial charge >= 0.3 is 0 Å². The lowest BCUT2D eigenvalue weighted by Gasteiger charge is -2.24. The lowest BCUT2D eigenvalue weighted by atomic mass is 9.85. The largest absolute Gasteiger partial charge is 0.329 e. The molecule has 0 radical (unpaired) electrons. The smallest absolute Gasteiger partial charge is 0.255 e. The van der Waals surface area contributed by atoms with E-state index in [2.05, 4.69) is 46.5 Å². The summed E-state index contributed by atoms with van der Waals surface area (Å²) in [5, 5.41) is 24.4. The molecule has 2 unspecified atom stereocenters. The average Bonchev–Trinajstić information content (AvgIpc) is 2.32. The van der Waals surface area contributed by atoms with Crippen molar-refractivity contribution in [2.75, 3.05) is 41.9 Å². The number of fused-ring (bicyclic) bond motifs is 4. The lowest BCUT2D eigenvalue weighted by Crippen LogP contribution is -2.37. The molecule has 90 heavy (non-hydrogen) atoms. The van der Waals surface area contributed by atoms with Crippen LogP contribution in [-0.2, 0) is 19.2 Å². The fourth-order valence-electron chi connectivity index (χ4n) is 10.6. The first-order valence-electron chi connectivity index (χ1n) is 29.8. The minimum Gasteiger partial charge on any atom is -0.329 e. The van der Waals surface area contributed by atoms with Gasteiger partial charge in [0.1, 0.15) is 23.9 Å². The van der Waals surface area contributed by atoms with Gasteiger partial charge in [-0.3, -0.25) is 43.8 Å². The molecule has 4 amide bonds. The van der Waals surface area contributed by atoms with Crippen LogP contribution in [-0.4, -0.2) is 75.1 Å². The normalized spacial score (nSPS) is 13.5. The number of carbonyl (C=O) groups excluding carboxylic acids is 4. The van der Waals surface area contributed by atoms with Gasteiger partial charge in [-0.25, -0.2) is 4.39 Å². The molecular weight excluding hydrogens is 1150 g/mol. The molecule has 1 saturated carbocycles. The van der Waals surface area contributed by atoms with E-state index in [-0.39, 0.29) is 35.4 Å². The highest BCUT2D eigenvalue weighted by atomic mass is 32.1. The highest BCUT2D eigenvalue weighted by Crippen LogP contribution is 2.29. The number of halogens is 1. The SMILES string of the molecule is CCNC(C(=O)Nc1ccc2ccncc2c1)c1cccs1.CN(C)[C@@H](C(=O)Nc1ccc2ccncc2c1)c1ccccc1.NC(CC1CCCCC1)C(=O)Nc1ccc2ccncc2c1.N[C@@H](C(=O)Nc1ccc2cc[nH]c(=O)c2c1)c1ccc(F)cc1. The minimum absolute atomic E-state index is 0.0486. The molecule has 4 atom stereocenters. The Morgan fingerprint density at radius 3 is 1.63 bits per heavy atom. The second kappa shape index (κ2) is 31.8. The Hall–Kier alpha value is -9.89. The van der Waals surface area contributed by atoms with Crippen molar-refractivity contribution < 1.29 is 23.6 Å². The van der Waals surface area contributed by atoms with E-state index in [1.807, 2.05) is 147 Å². The molecule has 5 heterocycles. The Morgan fingerprint density at radius 2 is 1.10 bits per heavy atom. The number of carbonyl (C=O) groups is 4. The summed E-state index contributed by atoms with van der Waals surface area (Å²) in [5.41, 5.74) is 16.0. The van der Waals surface area contributed by atoms with Gasteiger partial charge in [0, 0.05) is 92.5 Å². The standard InChI is InChI=1S/C19H19N3O.C18H23N3O.C17H14FN3O2.C17H17N3OS/c1-22(2)18(15-6-4-3-5-7-15)19(23)21-17-9-8-14-10-11-20-13-16(14)12-17;19-17(10-13-4-2-1-3-5-13)18(22)21-16-7-6-14-8-9-20-12-15(14)11-16;18-12-4-1-11(2-5-12)15(19)17(23)21-13-6-3-10-7-8-20-16(22)14(10)9-13;1-2-19-16(15-4-3-9-22-15)17(21)20-14-6-5-12-7-8-18-11-13(12)10-14/h3-13,18H,1-2H3,(H,21,23);6-9,11-13,17H,1-5,10,19H2,(H,21,22);1-9,15H,19H2,(H,20,22)(H,21,23);3-11,16,19H,2H2,1H3,(H,20,21)/t18-;;15-;/m1.1./s1. The number of hydrogen-bond acceptors (Lipinski definition) is 13. The van der Waals surface area contributed by atoms with Crippen molar-refractivity contribution >= 4 is 101 Å². The first-order chi connectivity index (χ1) is 43.7. The topological polar surface area (TPSA) is 255 Å². The number of hydrogen-bond donors (Lipinski definition) is 8. The highest BCUT2D eigenvalue weighted by molar-refractivity contribution is 7.10. The molecule has 0 bridgehead atoms. The number of thiophene rings is 1. The predicted molar refractivity (Wildman–Crippen MR) is 360 cm³/mol. The molecule has 5 aromatic heterocycles. The Balaban J connectivity index is 0.000000142. The van der Waals surface area contributed by atoms with E-state index in [0.29, 0.717) is 22.6 Å². The fraction of sp³-hybridized carbons (Fsp3) is 0.211. The van der Waals surface area contributed by atoms with Crippen LogP contribution in [0.5, 0.6) is 0 Å². The van der Waals surface area contributed by atoms with E-state index in [1.54, 1.807) is 79.0 Å². The second-order valence-corrected chi connectivity index (χ2v) is 23.0. The maximum absolute atomic E-state index is 12.9. The van der Waals surface area contributed by atoms with Crippen molar-refractivity contribution in [3.8, 4) is 0 Å². The number of benzene rings is 6. The Morgan fingerprint density at radius 1 is 0.578 bits per heavy atom. The van der Waals surface area contributed by atoms with Crippen LogP contribution in [0, 0.1) is 11.7 Å². The molecule has 0 saturated heterocycles. The maximum atomic E-state index is 12.9. The molecule has 1 aliphatic rings. The summed E-state index contributed by atoms with van der Waals surface area (Å²) in [6, 6.07) is 47.3. The number of pyridine rings is 4. The molecule has 1 aliphatic carbocycles. The first kappa shape index (κ1) is 64.6. The number of nitrogens with zero attached hydrogens (tertiary/aromatic N) is 4. The summed E-state index contributed by atoms with van der Waals surface area (Å²) < 4.78 is 12.9. The van der Waals surface area contributed by atoms with Crippen LogP contribution in [0.1, 0.15) is 79.6 Å². The van der Waals surface area contributed by atoms with Gasteiger partial charge < -0.3 is 43.0 Å². The van der Waals surface area contributed by atoms with Crippen molar-refractivity contribution in [1.29, 1.82) is 0 Å². The van der Waals surface area contributed by atoms with Gasteiger partial charge in [0.2, 0.25) is 23.6 Å². The zero-order chi connectivity index (χ0) is 63.4. The number of amides is 4. The predicted octanol–water partition coefficient (Wildman–Crippen LogP) is 12.8. The summed E-state index contributed by atoms with van der Waals surface area (Å²) in [5.74, 6) is -0.417. The summed E-state index contributed by atoms with van der Waals surface area (Å²) in [7, 11) is 3.81. The molecule has 12 rings (SSSR count). The molecule has 1 fully saturated rings. The van der Waals surface area contributed by atoms with E-state index < -0.39 is 23.8 Å². The van der Waals surface area contributed by atoms with E-state index >= 15 is 0 Å². The third-order valence-corrected chi connectivity index (χ3v) is 16.2. The number of nitrogens with two attached hydrogens (primary N) is 2. The van der Waals surface area contributed by atoms with Crippen LogP contribution >= 0.6 is 11.3 Å². The Labute approximate surface area is 525 Å². The van der Waals surface area contributed by atoms with E-state index in [4.69, 9.17) is 11.5 Å². The summed E-state index contributed by atoms with van der Waals surface area (Å²) in [6.07, 6.45) is 19.3. The van der Waals surface area contributed by atoms with Crippen LogP contribution in [0.3, 0.4) is 0 Å². The molecule has 17 nitrogen and oxygen atoms in total. The zero-order valence-electron chi connectivity index (χ0n) is 50.3. The second-order valence-electron chi connectivity index (χ2n) is 22.0. The zero-order valence-corrected chi connectivity index (χ0v) is 51.1. The van der Waals surface area contributed by atoms with E-state index in [1.165, 1.54) is 56.4 Å². The van der Waals surface area contributed by atoms with Crippen LogP contribution in [0.25, 0.3) is 43.1 Å². The number of H-pyrrole nitrogens is 1. The number of aromatic amines is 1. The minimum atomic E-state index is -0.930. The Bertz CT molecular complexity index is 4240. The maximum Gasteiger partial charge on any atom is 0.255 e. The monoisotopic (exact) mass is 1220 g/mol.